The average Bonchev–Trinajstić information content (AvgIpc) is 2.74. The molecule has 0 radical (unpaired) electrons. The standard InChI is InChI=1S/C13H11N3O/c17-13-8-4-1-5-10(13)9-16-14-11-6-2-3-7-12(11)15-16/h1-8,17H,9H2. The van der Waals surface area contributed by atoms with Crippen molar-refractivity contribution < 1.29 is 5.11 Å². The van der Waals surface area contributed by atoms with Crippen molar-refractivity contribution in [2.45, 2.75) is 6.54 Å². The second-order valence-corrected chi connectivity index (χ2v) is 3.85. The molecule has 0 aliphatic carbocycles. The summed E-state index contributed by atoms with van der Waals surface area (Å²) in [5, 5.41) is 18.4. The van der Waals surface area contributed by atoms with Crippen molar-refractivity contribution in [3.8, 4) is 5.75 Å². The molecule has 1 aromatic heterocycles. The van der Waals surface area contributed by atoms with E-state index < -0.39 is 0 Å². The predicted octanol–water partition coefficient (Wildman–Crippen LogP) is 2.19. The number of nitrogens with zero attached hydrogens (tertiary/aromatic N) is 3. The molecule has 4 heteroatoms. The molecule has 1 N–H and O–H groups in total. The SMILES string of the molecule is Oc1ccccc1Cn1nc2ccccc2n1. The van der Waals surface area contributed by atoms with Gasteiger partial charge in [0, 0.05) is 5.56 Å². The van der Waals surface area contributed by atoms with Crippen molar-refractivity contribution in [1.29, 1.82) is 0 Å². The minimum atomic E-state index is 0.272. The fourth-order valence-electron chi connectivity index (χ4n) is 1.77. The maximum absolute atomic E-state index is 9.68. The van der Waals surface area contributed by atoms with Crippen LogP contribution in [0.25, 0.3) is 11.0 Å². The van der Waals surface area contributed by atoms with Gasteiger partial charge in [-0.25, -0.2) is 0 Å². The van der Waals surface area contributed by atoms with E-state index in [2.05, 4.69) is 10.2 Å². The molecule has 0 fully saturated rings. The minimum Gasteiger partial charge on any atom is -0.508 e. The smallest absolute Gasteiger partial charge is 0.120 e. The number of benzene rings is 2. The molecule has 0 aliphatic heterocycles. The summed E-state index contributed by atoms with van der Waals surface area (Å²) in [5.74, 6) is 0.272. The van der Waals surface area contributed by atoms with Crippen molar-refractivity contribution in [3.63, 3.8) is 0 Å². The Morgan fingerprint density at radius 2 is 1.47 bits per heavy atom. The highest BCUT2D eigenvalue weighted by atomic mass is 16.3. The number of rotatable bonds is 2. The van der Waals surface area contributed by atoms with Gasteiger partial charge in [-0.2, -0.15) is 15.0 Å². The highest BCUT2D eigenvalue weighted by Crippen LogP contribution is 2.17. The third-order valence-electron chi connectivity index (χ3n) is 2.63. The number of para-hydroxylation sites is 1. The lowest BCUT2D eigenvalue weighted by atomic mass is 10.2. The van der Waals surface area contributed by atoms with Crippen LogP contribution in [0.1, 0.15) is 5.56 Å². The Morgan fingerprint density at radius 1 is 0.882 bits per heavy atom. The van der Waals surface area contributed by atoms with Gasteiger partial charge in [0.1, 0.15) is 16.8 Å². The lowest BCUT2D eigenvalue weighted by Gasteiger charge is -2.02. The van der Waals surface area contributed by atoms with Gasteiger partial charge in [-0.3, -0.25) is 0 Å². The van der Waals surface area contributed by atoms with Crippen molar-refractivity contribution in [2.24, 2.45) is 0 Å². The minimum absolute atomic E-state index is 0.272. The van der Waals surface area contributed by atoms with Gasteiger partial charge >= 0.3 is 0 Å². The molecule has 2 aromatic carbocycles. The number of hydrogen-bond acceptors (Lipinski definition) is 3. The maximum Gasteiger partial charge on any atom is 0.120 e. The van der Waals surface area contributed by atoms with E-state index in [-0.39, 0.29) is 5.75 Å². The predicted molar refractivity (Wildman–Crippen MR) is 64.7 cm³/mol. The Bertz CT molecular complexity index is 627. The van der Waals surface area contributed by atoms with E-state index in [1.807, 2.05) is 36.4 Å². The first kappa shape index (κ1) is 9.84. The van der Waals surface area contributed by atoms with Crippen LogP contribution in [-0.2, 0) is 6.54 Å². The summed E-state index contributed by atoms with van der Waals surface area (Å²) in [7, 11) is 0. The second kappa shape index (κ2) is 3.90. The summed E-state index contributed by atoms with van der Waals surface area (Å²) in [6.07, 6.45) is 0. The molecular formula is C13H11N3O. The molecule has 0 amide bonds. The second-order valence-electron chi connectivity index (χ2n) is 3.85. The van der Waals surface area contributed by atoms with Crippen LogP contribution >= 0.6 is 0 Å². The quantitative estimate of drug-likeness (QED) is 0.727. The third-order valence-corrected chi connectivity index (χ3v) is 2.63. The highest BCUT2D eigenvalue weighted by molar-refractivity contribution is 5.72. The molecule has 3 rings (SSSR count). The molecule has 4 nitrogen and oxygen atoms in total. The number of aromatic nitrogens is 3. The van der Waals surface area contributed by atoms with Crippen LogP contribution in [0.2, 0.25) is 0 Å². The van der Waals surface area contributed by atoms with Gasteiger partial charge in [-0.1, -0.05) is 30.3 Å². The molecule has 1 heterocycles. The van der Waals surface area contributed by atoms with Gasteiger partial charge < -0.3 is 5.11 Å². The van der Waals surface area contributed by atoms with Gasteiger partial charge in [0.25, 0.3) is 0 Å². The number of phenolic OH excluding ortho intramolecular Hbond substituents is 1. The van der Waals surface area contributed by atoms with Gasteiger partial charge in [0.15, 0.2) is 0 Å². The summed E-state index contributed by atoms with van der Waals surface area (Å²) < 4.78 is 0. The Kier molecular flexibility index (Phi) is 2.26. The van der Waals surface area contributed by atoms with Gasteiger partial charge in [0.05, 0.1) is 6.54 Å². The molecule has 0 unspecified atom stereocenters. The molecule has 0 saturated heterocycles. The first-order valence-corrected chi connectivity index (χ1v) is 5.40. The zero-order valence-electron chi connectivity index (χ0n) is 9.11. The summed E-state index contributed by atoms with van der Waals surface area (Å²) >= 11 is 0. The van der Waals surface area contributed by atoms with Crippen LogP contribution in [0.4, 0.5) is 0 Å². The van der Waals surface area contributed by atoms with Gasteiger partial charge in [-0.15, -0.1) is 0 Å². The van der Waals surface area contributed by atoms with E-state index in [1.54, 1.807) is 16.9 Å². The molecular weight excluding hydrogens is 214 g/mol. The molecule has 17 heavy (non-hydrogen) atoms. The molecule has 0 bridgehead atoms. The van der Waals surface area contributed by atoms with Crippen molar-refractivity contribution >= 4 is 11.0 Å². The Hall–Kier alpha value is -2.36. The zero-order valence-corrected chi connectivity index (χ0v) is 9.11. The first-order valence-electron chi connectivity index (χ1n) is 5.40. The molecule has 3 aromatic rings. The van der Waals surface area contributed by atoms with E-state index in [9.17, 15) is 5.11 Å². The molecule has 0 saturated carbocycles. The maximum atomic E-state index is 9.68. The Labute approximate surface area is 98.1 Å². The van der Waals surface area contributed by atoms with Gasteiger partial charge in [0.2, 0.25) is 0 Å². The number of fused-ring (bicyclic) bond motifs is 1. The normalized spacial score (nSPS) is 10.8. The van der Waals surface area contributed by atoms with Gasteiger partial charge in [-0.05, 0) is 18.2 Å². The lowest BCUT2D eigenvalue weighted by molar-refractivity contribution is 0.460. The Morgan fingerprint density at radius 3 is 2.12 bits per heavy atom. The van der Waals surface area contributed by atoms with Crippen molar-refractivity contribution in [2.75, 3.05) is 0 Å². The van der Waals surface area contributed by atoms with E-state index in [0.29, 0.717) is 6.54 Å². The fourth-order valence-corrected chi connectivity index (χ4v) is 1.77. The highest BCUT2D eigenvalue weighted by Gasteiger charge is 2.04. The topological polar surface area (TPSA) is 50.9 Å². The fraction of sp³-hybridized carbons (Fsp3) is 0.0769. The molecule has 0 spiro atoms. The first-order chi connectivity index (χ1) is 8.33. The molecule has 0 atom stereocenters. The van der Waals surface area contributed by atoms with Crippen molar-refractivity contribution in [3.05, 3.63) is 54.1 Å². The summed E-state index contributed by atoms with van der Waals surface area (Å²) in [6, 6.07) is 14.9. The van der Waals surface area contributed by atoms with Crippen molar-refractivity contribution in [1.82, 2.24) is 15.0 Å². The Balaban J connectivity index is 1.98. The third kappa shape index (κ3) is 1.85. The monoisotopic (exact) mass is 225 g/mol. The number of phenols is 1. The largest absolute Gasteiger partial charge is 0.508 e. The molecule has 84 valence electrons. The van der Waals surface area contributed by atoms with E-state index in [0.717, 1.165) is 16.6 Å². The van der Waals surface area contributed by atoms with E-state index >= 15 is 0 Å². The number of hydrogen-bond donors (Lipinski definition) is 1. The average molecular weight is 225 g/mol. The number of aromatic hydroxyl groups is 1. The summed E-state index contributed by atoms with van der Waals surface area (Å²) in [5.41, 5.74) is 2.54. The van der Waals surface area contributed by atoms with Crippen LogP contribution < -0.4 is 0 Å². The lowest BCUT2D eigenvalue weighted by Crippen LogP contribution is -2.03. The summed E-state index contributed by atoms with van der Waals surface area (Å²) in [4.78, 5) is 1.60. The summed E-state index contributed by atoms with van der Waals surface area (Å²) in [6.45, 7) is 0.474. The molecule has 0 aliphatic rings. The van der Waals surface area contributed by atoms with Crippen LogP contribution in [0.5, 0.6) is 5.75 Å². The van der Waals surface area contributed by atoms with Crippen LogP contribution in [0.3, 0.4) is 0 Å². The van der Waals surface area contributed by atoms with Crippen LogP contribution in [-0.4, -0.2) is 20.1 Å². The zero-order chi connectivity index (χ0) is 11.7. The van der Waals surface area contributed by atoms with Crippen LogP contribution in [0, 0.1) is 0 Å². The van der Waals surface area contributed by atoms with Crippen LogP contribution in [0.15, 0.2) is 48.5 Å². The van der Waals surface area contributed by atoms with E-state index in [4.69, 9.17) is 0 Å². The van der Waals surface area contributed by atoms with E-state index in [1.165, 1.54) is 0 Å².